The van der Waals surface area contributed by atoms with Gasteiger partial charge in [0.1, 0.15) is 24.7 Å². The van der Waals surface area contributed by atoms with Crippen LogP contribution >= 0.6 is 0 Å². The number of rotatable bonds is 9. The molecule has 0 aromatic heterocycles. The van der Waals surface area contributed by atoms with E-state index in [9.17, 15) is 4.79 Å². The van der Waals surface area contributed by atoms with E-state index >= 15 is 0 Å². The number of hydrogen-bond donors (Lipinski definition) is 1. The van der Waals surface area contributed by atoms with Crippen molar-refractivity contribution < 1.29 is 14.3 Å². The molecule has 1 amide bonds. The summed E-state index contributed by atoms with van der Waals surface area (Å²) in [6.07, 6.45) is 3.77. The number of nitrogens with one attached hydrogen (secondary N) is 1. The van der Waals surface area contributed by atoms with Crippen LogP contribution in [0.1, 0.15) is 43.5 Å². The molecule has 156 valence electrons. The number of para-hydroxylation sites is 2. The molecule has 0 spiro atoms. The highest BCUT2D eigenvalue weighted by molar-refractivity contribution is 5.96. The van der Waals surface area contributed by atoms with Crippen molar-refractivity contribution in [1.82, 2.24) is 10.2 Å². The Labute approximate surface area is 174 Å². The second-order valence-corrected chi connectivity index (χ2v) is 8.05. The fourth-order valence-corrected chi connectivity index (χ4v) is 3.61. The first kappa shape index (κ1) is 21.2. The Morgan fingerprint density at radius 3 is 2.34 bits per heavy atom. The van der Waals surface area contributed by atoms with Gasteiger partial charge in [-0.25, -0.2) is 0 Å². The van der Waals surface area contributed by atoms with E-state index < -0.39 is 0 Å². The summed E-state index contributed by atoms with van der Waals surface area (Å²) in [6, 6.07) is 17.0. The predicted octanol–water partition coefficient (Wildman–Crippen LogP) is 4.14. The summed E-state index contributed by atoms with van der Waals surface area (Å²) in [6.45, 7) is 8.00. The Kier molecular flexibility index (Phi) is 7.53. The summed E-state index contributed by atoms with van der Waals surface area (Å²) < 4.78 is 11.5. The van der Waals surface area contributed by atoms with E-state index in [-0.39, 0.29) is 11.4 Å². The van der Waals surface area contributed by atoms with Gasteiger partial charge in [0.25, 0.3) is 5.91 Å². The van der Waals surface area contributed by atoms with E-state index in [0.717, 1.165) is 18.8 Å². The Morgan fingerprint density at radius 1 is 0.931 bits per heavy atom. The number of likely N-dealkylation sites (tertiary alicyclic amines) is 1. The van der Waals surface area contributed by atoms with Gasteiger partial charge in [0.2, 0.25) is 0 Å². The van der Waals surface area contributed by atoms with Gasteiger partial charge in [-0.3, -0.25) is 9.69 Å². The Bertz CT molecular complexity index is 771. The molecule has 0 atom stereocenters. The van der Waals surface area contributed by atoms with Crippen LogP contribution in [-0.4, -0.2) is 49.2 Å². The fourth-order valence-electron chi connectivity index (χ4n) is 3.61. The van der Waals surface area contributed by atoms with Gasteiger partial charge in [0.05, 0.1) is 5.56 Å². The van der Waals surface area contributed by atoms with Crippen molar-refractivity contribution in [2.75, 3.05) is 32.8 Å². The molecule has 1 aliphatic heterocycles. The highest BCUT2D eigenvalue weighted by atomic mass is 16.5. The number of nitrogens with zero attached hydrogens (tertiary/aromatic N) is 1. The SMILES string of the molecule is CC(C)(CNC(=O)c1ccccc1OCCOc1ccccc1)N1CCCCC1. The van der Waals surface area contributed by atoms with Gasteiger partial charge in [-0.05, 0) is 64.0 Å². The molecule has 2 aromatic carbocycles. The van der Waals surface area contributed by atoms with Gasteiger partial charge in [0, 0.05) is 12.1 Å². The van der Waals surface area contributed by atoms with E-state index in [1.165, 1.54) is 19.3 Å². The average Bonchev–Trinajstić information content (AvgIpc) is 2.77. The molecule has 0 saturated carbocycles. The van der Waals surface area contributed by atoms with Crippen LogP contribution in [-0.2, 0) is 0 Å². The van der Waals surface area contributed by atoms with Crippen LogP contribution in [0.5, 0.6) is 11.5 Å². The summed E-state index contributed by atoms with van der Waals surface area (Å²) in [7, 11) is 0. The van der Waals surface area contributed by atoms with E-state index in [1.54, 1.807) is 6.07 Å². The summed E-state index contributed by atoms with van der Waals surface area (Å²) >= 11 is 0. The maximum absolute atomic E-state index is 12.8. The van der Waals surface area contributed by atoms with E-state index in [1.807, 2.05) is 48.5 Å². The number of amides is 1. The molecule has 5 heteroatoms. The van der Waals surface area contributed by atoms with Gasteiger partial charge in [-0.2, -0.15) is 0 Å². The first-order valence-corrected chi connectivity index (χ1v) is 10.5. The van der Waals surface area contributed by atoms with E-state index in [4.69, 9.17) is 9.47 Å². The second-order valence-electron chi connectivity index (χ2n) is 8.05. The minimum atomic E-state index is -0.102. The molecule has 0 bridgehead atoms. The first-order chi connectivity index (χ1) is 14.1. The zero-order valence-corrected chi connectivity index (χ0v) is 17.5. The predicted molar refractivity (Wildman–Crippen MR) is 116 cm³/mol. The van der Waals surface area contributed by atoms with Crippen LogP contribution in [0.25, 0.3) is 0 Å². The number of carbonyl (C=O) groups excluding carboxylic acids is 1. The lowest BCUT2D eigenvalue weighted by molar-refractivity contribution is 0.0794. The molecular formula is C24H32N2O3. The third kappa shape index (κ3) is 6.23. The van der Waals surface area contributed by atoms with Crippen LogP contribution in [0.3, 0.4) is 0 Å². The molecular weight excluding hydrogens is 364 g/mol. The normalized spacial score (nSPS) is 15.0. The third-order valence-electron chi connectivity index (χ3n) is 5.38. The molecule has 1 aliphatic rings. The number of ether oxygens (including phenoxy) is 2. The fraction of sp³-hybridized carbons (Fsp3) is 0.458. The molecule has 0 aliphatic carbocycles. The number of carbonyl (C=O) groups is 1. The maximum atomic E-state index is 12.8. The monoisotopic (exact) mass is 396 g/mol. The Balaban J connectivity index is 1.51. The quantitative estimate of drug-likeness (QED) is 0.647. The first-order valence-electron chi connectivity index (χ1n) is 10.5. The lowest BCUT2D eigenvalue weighted by Crippen LogP contribution is -2.53. The van der Waals surface area contributed by atoms with Crippen molar-refractivity contribution in [3.8, 4) is 11.5 Å². The average molecular weight is 397 g/mol. The minimum absolute atomic E-state index is 0.0601. The van der Waals surface area contributed by atoms with Crippen LogP contribution < -0.4 is 14.8 Å². The Morgan fingerprint density at radius 2 is 1.59 bits per heavy atom. The molecule has 1 heterocycles. The molecule has 1 fully saturated rings. The highest BCUT2D eigenvalue weighted by Crippen LogP contribution is 2.21. The van der Waals surface area contributed by atoms with Crippen molar-refractivity contribution in [3.63, 3.8) is 0 Å². The lowest BCUT2D eigenvalue weighted by Gasteiger charge is -2.41. The zero-order chi connectivity index (χ0) is 20.5. The molecule has 3 rings (SSSR count). The van der Waals surface area contributed by atoms with Crippen molar-refractivity contribution >= 4 is 5.91 Å². The maximum Gasteiger partial charge on any atom is 0.255 e. The number of piperidine rings is 1. The molecule has 5 nitrogen and oxygen atoms in total. The molecule has 0 unspecified atom stereocenters. The van der Waals surface area contributed by atoms with Crippen LogP contribution in [0.2, 0.25) is 0 Å². The summed E-state index contributed by atoms with van der Waals surface area (Å²) in [4.78, 5) is 15.3. The van der Waals surface area contributed by atoms with Gasteiger partial charge in [0.15, 0.2) is 0 Å². The minimum Gasteiger partial charge on any atom is -0.490 e. The van der Waals surface area contributed by atoms with Crippen LogP contribution in [0.15, 0.2) is 54.6 Å². The smallest absolute Gasteiger partial charge is 0.255 e. The van der Waals surface area contributed by atoms with Crippen molar-refractivity contribution in [1.29, 1.82) is 0 Å². The topological polar surface area (TPSA) is 50.8 Å². The van der Waals surface area contributed by atoms with Gasteiger partial charge < -0.3 is 14.8 Å². The van der Waals surface area contributed by atoms with Crippen molar-refractivity contribution in [3.05, 3.63) is 60.2 Å². The number of hydrogen-bond acceptors (Lipinski definition) is 4. The number of benzene rings is 2. The largest absolute Gasteiger partial charge is 0.490 e. The summed E-state index contributed by atoms with van der Waals surface area (Å²) in [5.41, 5.74) is 0.497. The lowest BCUT2D eigenvalue weighted by atomic mass is 9.98. The van der Waals surface area contributed by atoms with Crippen molar-refractivity contribution in [2.45, 2.75) is 38.6 Å². The van der Waals surface area contributed by atoms with Gasteiger partial charge in [-0.15, -0.1) is 0 Å². The molecule has 29 heavy (non-hydrogen) atoms. The van der Waals surface area contributed by atoms with Gasteiger partial charge >= 0.3 is 0 Å². The molecule has 1 saturated heterocycles. The standard InChI is InChI=1S/C24H32N2O3/c1-24(2,26-15-9-4-10-16-26)19-25-23(27)21-13-7-8-14-22(21)29-18-17-28-20-11-5-3-6-12-20/h3,5-8,11-14H,4,9-10,15-19H2,1-2H3,(H,25,27). The zero-order valence-electron chi connectivity index (χ0n) is 17.5. The van der Waals surface area contributed by atoms with Crippen LogP contribution in [0.4, 0.5) is 0 Å². The second kappa shape index (κ2) is 10.3. The molecule has 2 aromatic rings. The van der Waals surface area contributed by atoms with Crippen molar-refractivity contribution in [2.24, 2.45) is 0 Å². The van der Waals surface area contributed by atoms with E-state index in [2.05, 4.69) is 24.1 Å². The molecule has 1 N–H and O–H groups in total. The summed E-state index contributed by atoms with van der Waals surface area (Å²) in [5, 5.41) is 3.10. The van der Waals surface area contributed by atoms with E-state index in [0.29, 0.717) is 31.1 Å². The third-order valence-corrected chi connectivity index (χ3v) is 5.38. The Hall–Kier alpha value is -2.53. The van der Waals surface area contributed by atoms with Gasteiger partial charge in [-0.1, -0.05) is 36.8 Å². The van der Waals surface area contributed by atoms with Crippen LogP contribution in [0, 0.1) is 0 Å². The molecule has 0 radical (unpaired) electrons. The highest BCUT2D eigenvalue weighted by Gasteiger charge is 2.28. The summed E-state index contributed by atoms with van der Waals surface area (Å²) in [5.74, 6) is 1.29.